The summed E-state index contributed by atoms with van der Waals surface area (Å²) in [5.74, 6) is 3.88. The zero-order chi connectivity index (χ0) is 26.5. The van der Waals surface area contributed by atoms with Crippen LogP contribution in [0.4, 0.5) is 0 Å². The monoisotopic (exact) mass is 514 g/mol. The molecule has 3 aliphatic carbocycles. The van der Waals surface area contributed by atoms with Gasteiger partial charge >= 0.3 is 0 Å². The molecule has 0 bridgehead atoms. The van der Waals surface area contributed by atoms with Crippen LogP contribution in [0, 0.1) is 17.3 Å². The number of aryl methyl sites for hydroxylation is 1. The third-order valence-corrected chi connectivity index (χ3v) is 9.81. The summed E-state index contributed by atoms with van der Waals surface area (Å²) < 4.78 is 11.5. The maximum absolute atomic E-state index is 13.7. The minimum atomic E-state index is -0.212. The summed E-state index contributed by atoms with van der Waals surface area (Å²) in [6.45, 7) is 5.29. The van der Waals surface area contributed by atoms with Crippen LogP contribution >= 0.6 is 0 Å². The summed E-state index contributed by atoms with van der Waals surface area (Å²) in [6.07, 6.45) is 16.5. The van der Waals surface area contributed by atoms with Crippen molar-refractivity contribution in [2.45, 2.75) is 96.8 Å². The number of carbonyl (C=O) groups excluding carboxylic acids is 1. The normalized spacial score (nSPS) is 27.1. The molecular weight excluding hydrogens is 468 g/mol. The van der Waals surface area contributed by atoms with E-state index in [2.05, 4.69) is 62.4 Å². The summed E-state index contributed by atoms with van der Waals surface area (Å²) in [5, 5.41) is 0. The van der Waals surface area contributed by atoms with E-state index in [-0.39, 0.29) is 5.41 Å². The highest BCUT2D eigenvalue weighted by atomic mass is 16.5. The fraction of sp³-hybridized carbons (Fsp3) is 0.571. The minimum absolute atomic E-state index is 0.212. The Hall–Kier alpha value is -2.55. The molecule has 5 rings (SSSR count). The number of Topliss-reactive ketones (excluding diaryl/α,β-unsaturated/α-hetero) is 1. The molecule has 4 unspecified atom stereocenters. The first-order valence-electron chi connectivity index (χ1n) is 15.2. The van der Waals surface area contributed by atoms with E-state index in [4.69, 9.17) is 9.47 Å². The highest BCUT2D eigenvalue weighted by Crippen LogP contribution is 2.61. The zero-order valence-corrected chi connectivity index (χ0v) is 23.8. The van der Waals surface area contributed by atoms with Gasteiger partial charge in [-0.2, -0.15) is 0 Å². The number of benzene rings is 2. The third-order valence-electron chi connectivity index (χ3n) is 9.81. The summed E-state index contributed by atoms with van der Waals surface area (Å²) >= 11 is 0. The number of hydrogen-bond donors (Lipinski definition) is 0. The van der Waals surface area contributed by atoms with E-state index in [9.17, 15) is 4.79 Å². The zero-order valence-electron chi connectivity index (χ0n) is 23.8. The quantitative estimate of drug-likeness (QED) is 0.222. The van der Waals surface area contributed by atoms with Gasteiger partial charge in [0, 0.05) is 5.41 Å². The van der Waals surface area contributed by atoms with Crippen LogP contribution < -0.4 is 9.47 Å². The summed E-state index contributed by atoms with van der Waals surface area (Å²) in [4.78, 5) is 13.7. The van der Waals surface area contributed by atoms with Crippen LogP contribution in [0.25, 0.3) is 6.08 Å². The Balaban J connectivity index is 1.20. The van der Waals surface area contributed by atoms with Gasteiger partial charge in [-0.25, -0.2) is 0 Å². The fourth-order valence-corrected chi connectivity index (χ4v) is 7.60. The van der Waals surface area contributed by atoms with Crippen LogP contribution in [0.3, 0.4) is 0 Å². The van der Waals surface area contributed by atoms with Crippen molar-refractivity contribution in [3.63, 3.8) is 0 Å². The van der Waals surface area contributed by atoms with Crippen molar-refractivity contribution in [3.8, 4) is 11.5 Å². The van der Waals surface area contributed by atoms with E-state index in [1.54, 1.807) is 7.11 Å². The first kappa shape index (κ1) is 27.0. The van der Waals surface area contributed by atoms with Crippen molar-refractivity contribution in [1.29, 1.82) is 0 Å². The number of allylic oxidation sites excluding steroid dienone is 1. The van der Waals surface area contributed by atoms with Gasteiger partial charge in [0.15, 0.2) is 5.78 Å². The number of ketones is 1. The van der Waals surface area contributed by atoms with Crippen LogP contribution in [0.2, 0.25) is 0 Å². The van der Waals surface area contributed by atoms with Crippen molar-refractivity contribution in [3.05, 3.63) is 64.7 Å². The molecule has 204 valence electrons. The smallest absolute Gasteiger partial charge is 0.165 e. The number of unbranched alkanes of at least 4 members (excludes halogenated alkanes) is 6. The first-order valence-corrected chi connectivity index (χ1v) is 15.2. The number of hydrogen-bond acceptors (Lipinski definition) is 3. The molecule has 3 heteroatoms. The van der Waals surface area contributed by atoms with E-state index in [0.29, 0.717) is 23.5 Å². The maximum atomic E-state index is 13.7. The molecule has 4 atom stereocenters. The van der Waals surface area contributed by atoms with Crippen LogP contribution in [-0.4, -0.2) is 19.5 Å². The third kappa shape index (κ3) is 5.58. The lowest BCUT2D eigenvalue weighted by Gasteiger charge is -2.48. The number of carbonyl (C=O) groups is 1. The van der Waals surface area contributed by atoms with Gasteiger partial charge in [0.1, 0.15) is 11.5 Å². The van der Waals surface area contributed by atoms with Crippen LogP contribution in [0.1, 0.15) is 107 Å². The summed E-state index contributed by atoms with van der Waals surface area (Å²) in [5.41, 5.74) is 4.87. The molecule has 0 aliphatic heterocycles. The van der Waals surface area contributed by atoms with Crippen molar-refractivity contribution >= 4 is 11.9 Å². The first-order chi connectivity index (χ1) is 18.5. The van der Waals surface area contributed by atoms with Crippen LogP contribution in [0.5, 0.6) is 11.5 Å². The molecule has 2 fully saturated rings. The molecule has 2 aromatic carbocycles. The molecule has 38 heavy (non-hydrogen) atoms. The van der Waals surface area contributed by atoms with Gasteiger partial charge in [0.2, 0.25) is 0 Å². The second kappa shape index (κ2) is 12.1. The highest BCUT2D eigenvalue weighted by molar-refractivity contribution is 6.06. The Bertz CT molecular complexity index is 1130. The Morgan fingerprint density at radius 1 is 0.947 bits per heavy atom. The van der Waals surface area contributed by atoms with Crippen LogP contribution in [-0.2, 0) is 11.2 Å². The van der Waals surface area contributed by atoms with Gasteiger partial charge in [-0.3, -0.25) is 4.79 Å². The Labute approximate surface area is 230 Å². The van der Waals surface area contributed by atoms with Crippen molar-refractivity contribution in [2.75, 3.05) is 13.7 Å². The van der Waals surface area contributed by atoms with E-state index in [0.717, 1.165) is 61.3 Å². The maximum Gasteiger partial charge on any atom is 0.165 e. The molecule has 0 aromatic heterocycles. The summed E-state index contributed by atoms with van der Waals surface area (Å²) in [6, 6.07) is 15.0. The molecule has 0 amide bonds. The van der Waals surface area contributed by atoms with Gasteiger partial charge in [0.05, 0.1) is 13.7 Å². The van der Waals surface area contributed by atoms with E-state index in [1.807, 2.05) is 0 Å². The number of fused-ring (bicyclic) bond motifs is 5. The lowest BCUT2D eigenvalue weighted by atomic mass is 9.55. The van der Waals surface area contributed by atoms with E-state index < -0.39 is 0 Å². The molecule has 2 aromatic rings. The molecular formula is C35H46O3. The lowest BCUT2D eigenvalue weighted by Crippen LogP contribution is -2.42. The lowest BCUT2D eigenvalue weighted by molar-refractivity contribution is -0.127. The SMILES string of the molecule is CCCCCCCCCOc1ccc(/C=C2/CC3C4CCc5cc(OC)ccc5C4CCC3(C)C2=O)cc1. The molecule has 0 N–H and O–H groups in total. The molecule has 2 saturated carbocycles. The fourth-order valence-electron chi connectivity index (χ4n) is 7.60. The van der Waals surface area contributed by atoms with Crippen molar-refractivity contribution < 1.29 is 14.3 Å². The largest absolute Gasteiger partial charge is 0.497 e. The van der Waals surface area contributed by atoms with Crippen LogP contribution in [0.15, 0.2) is 48.0 Å². The average molecular weight is 515 g/mol. The topological polar surface area (TPSA) is 35.5 Å². The average Bonchev–Trinajstić information content (AvgIpc) is 3.20. The second-order valence-electron chi connectivity index (χ2n) is 12.2. The Kier molecular flexibility index (Phi) is 8.61. The predicted molar refractivity (Wildman–Crippen MR) is 156 cm³/mol. The van der Waals surface area contributed by atoms with Gasteiger partial charge in [0.25, 0.3) is 0 Å². The second-order valence-corrected chi connectivity index (χ2v) is 12.2. The minimum Gasteiger partial charge on any atom is -0.497 e. The van der Waals surface area contributed by atoms with Gasteiger partial charge in [-0.15, -0.1) is 0 Å². The van der Waals surface area contributed by atoms with E-state index in [1.165, 1.54) is 56.1 Å². The molecule has 3 aliphatic rings. The number of rotatable bonds is 11. The van der Waals surface area contributed by atoms with Gasteiger partial charge in [-0.05, 0) is 109 Å². The standard InChI is InChI=1S/C35H46O3/c1-4-5-6-7-8-9-10-21-38-28-14-11-25(12-15-28)22-27-24-33-32-17-13-26-23-29(37-3)16-18-30(26)31(32)19-20-35(33,2)34(27)36/h11-12,14-16,18,22-23,31-33H,4-10,13,17,19-21,24H2,1-3H3/b27-22-. The van der Waals surface area contributed by atoms with E-state index >= 15 is 0 Å². The molecule has 0 radical (unpaired) electrons. The molecule has 0 saturated heterocycles. The number of methoxy groups -OCH3 is 1. The van der Waals surface area contributed by atoms with Gasteiger partial charge in [-0.1, -0.05) is 70.6 Å². The van der Waals surface area contributed by atoms with Gasteiger partial charge < -0.3 is 9.47 Å². The highest BCUT2D eigenvalue weighted by Gasteiger charge is 2.56. The summed E-state index contributed by atoms with van der Waals surface area (Å²) in [7, 11) is 1.75. The van der Waals surface area contributed by atoms with Crippen molar-refractivity contribution in [1.82, 2.24) is 0 Å². The predicted octanol–water partition coefficient (Wildman–Crippen LogP) is 8.94. The molecule has 0 spiro atoms. The Morgan fingerprint density at radius 2 is 1.68 bits per heavy atom. The van der Waals surface area contributed by atoms with Crippen molar-refractivity contribution in [2.24, 2.45) is 17.3 Å². The number of ether oxygens (including phenoxy) is 2. The Morgan fingerprint density at radius 3 is 2.45 bits per heavy atom. The molecule has 3 nitrogen and oxygen atoms in total. The molecule has 0 heterocycles.